The van der Waals surface area contributed by atoms with Crippen LogP contribution in [0, 0.1) is 12.7 Å². The van der Waals surface area contributed by atoms with Crippen LogP contribution >= 0.6 is 15.9 Å². The molecule has 2 N–H and O–H groups in total. The average molecular weight is 633 g/mol. The van der Waals surface area contributed by atoms with Crippen molar-refractivity contribution in [3.8, 4) is 0 Å². The molecule has 0 saturated heterocycles. The van der Waals surface area contributed by atoms with Gasteiger partial charge in [0.05, 0.1) is 15.5 Å². The van der Waals surface area contributed by atoms with Crippen molar-refractivity contribution in [3.63, 3.8) is 0 Å². The number of hydrogen-bond donors (Lipinski definition) is 2. The molecule has 4 aromatic rings. The molecule has 4 rings (SSSR count). The number of carbonyl (C=O) groups is 1. The van der Waals surface area contributed by atoms with E-state index in [1.54, 1.807) is 36.4 Å². The van der Waals surface area contributed by atoms with Crippen molar-refractivity contribution in [1.82, 2.24) is 0 Å². The minimum absolute atomic E-state index is 0.0343. The van der Waals surface area contributed by atoms with E-state index in [-0.39, 0.29) is 21.2 Å². The van der Waals surface area contributed by atoms with Crippen LogP contribution in [-0.4, -0.2) is 29.3 Å². The molecule has 0 aliphatic rings. The van der Waals surface area contributed by atoms with E-state index < -0.39 is 38.3 Å². The maximum Gasteiger partial charge on any atom is 0.264 e. The first kappa shape index (κ1) is 28.3. The topological polar surface area (TPSA) is 113 Å². The number of benzene rings is 4. The van der Waals surface area contributed by atoms with Gasteiger partial charge in [-0.2, -0.15) is 0 Å². The van der Waals surface area contributed by atoms with Crippen molar-refractivity contribution >= 4 is 58.9 Å². The largest absolute Gasteiger partial charge is 0.325 e. The van der Waals surface area contributed by atoms with E-state index in [4.69, 9.17) is 0 Å². The van der Waals surface area contributed by atoms with Gasteiger partial charge in [-0.05, 0) is 91.9 Å². The second-order valence-corrected chi connectivity index (χ2v) is 12.9. The number of rotatable bonds is 9. The molecule has 0 heterocycles. The van der Waals surface area contributed by atoms with E-state index in [2.05, 4.69) is 26.0 Å². The van der Waals surface area contributed by atoms with Gasteiger partial charge in [-0.1, -0.05) is 33.6 Å². The van der Waals surface area contributed by atoms with Gasteiger partial charge in [-0.3, -0.25) is 13.8 Å². The van der Waals surface area contributed by atoms with Gasteiger partial charge in [0, 0.05) is 15.8 Å². The standard InChI is InChI=1S/C27H23BrFN3O5S2/c1-19-2-14-26(15-3-19)39(36,37)32(24-12-4-20(28)5-13-24)18-27(33)30-22-10-16-25(17-11-22)38(34,35)31-23-8-6-21(29)7-9-23/h2-17,31H,18H2,1H3,(H,30,33). The minimum atomic E-state index is -4.08. The number of hydrogen-bond acceptors (Lipinski definition) is 5. The smallest absolute Gasteiger partial charge is 0.264 e. The van der Waals surface area contributed by atoms with E-state index in [1.807, 2.05) is 6.92 Å². The summed E-state index contributed by atoms with van der Waals surface area (Å²) in [7, 11) is -8.04. The quantitative estimate of drug-likeness (QED) is 0.252. The van der Waals surface area contributed by atoms with Crippen LogP contribution in [0.1, 0.15) is 5.56 Å². The maximum absolute atomic E-state index is 13.5. The summed E-state index contributed by atoms with van der Waals surface area (Å²) in [5.41, 5.74) is 1.64. The van der Waals surface area contributed by atoms with E-state index in [1.165, 1.54) is 48.5 Å². The third-order valence-electron chi connectivity index (χ3n) is 5.56. The summed E-state index contributed by atoms with van der Waals surface area (Å²) in [5, 5.41) is 2.61. The van der Waals surface area contributed by atoms with E-state index in [0.29, 0.717) is 5.69 Å². The first-order valence-electron chi connectivity index (χ1n) is 11.5. The lowest BCUT2D eigenvalue weighted by Gasteiger charge is -2.24. The second-order valence-electron chi connectivity index (χ2n) is 8.49. The Morgan fingerprint density at radius 3 is 1.90 bits per heavy atom. The van der Waals surface area contributed by atoms with Gasteiger partial charge < -0.3 is 5.32 Å². The van der Waals surface area contributed by atoms with Gasteiger partial charge in [0.15, 0.2) is 0 Å². The molecule has 0 aliphatic carbocycles. The number of halogens is 2. The van der Waals surface area contributed by atoms with Crippen molar-refractivity contribution in [3.05, 3.63) is 113 Å². The monoisotopic (exact) mass is 631 g/mol. The Kier molecular flexibility index (Phi) is 8.38. The van der Waals surface area contributed by atoms with Crippen LogP contribution < -0.4 is 14.3 Å². The van der Waals surface area contributed by atoms with Crippen LogP contribution in [-0.2, 0) is 24.8 Å². The van der Waals surface area contributed by atoms with Crippen LogP contribution in [0.5, 0.6) is 0 Å². The Balaban J connectivity index is 1.52. The molecule has 0 unspecified atom stereocenters. The van der Waals surface area contributed by atoms with Gasteiger partial charge in [0.2, 0.25) is 5.91 Å². The molecule has 0 aromatic heterocycles. The molecule has 1 amide bonds. The predicted molar refractivity (Wildman–Crippen MR) is 152 cm³/mol. The van der Waals surface area contributed by atoms with E-state index in [0.717, 1.165) is 26.5 Å². The van der Waals surface area contributed by atoms with Crippen molar-refractivity contribution in [2.75, 3.05) is 20.9 Å². The van der Waals surface area contributed by atoms with E-state index >= 15 is 0 Å². The zero-order chi connectivity index (χ0) is 28.2. The summed E-state index contributed by atoms with van der Waals surface area (Å²) >= 11 is 3.32. The summed E-state index contributed by atoms with van der Waals surface area (Å²) in [6.07, 6.45) is 0. The molecule has 8 nitrogen and oxygen atoms in total. The zero-order valence-electron chi connectivity index (χ0n) is 20.5. The number of aryl methyl sites for hydroxylation is 1. The molecule has 0 spiro atoms. The van der Waals surface area contributed by atoms with Crippen LogP contribution in [0.2, 0.25) is 0 Å². The summed E-state index contributed by atoms with van der Waals surface area (Å²) in [6.45, 7) is 1.32. The maximum atomic E-state index is 13.5. The molecular formula is C27H23BrFN3O5S2. The highest BCUT2D eigenvalue weighted by atomic mass is 79.9. The molecule has 0 fully saturated rings. The van der Waals surface area contributed by atoms with Crippen molar-refractivity contribution in [2.24, 2.45) is 0 Å². The summed E-state index contributed by atoms with van der Waals surface area (Å²) in [4.78, 5) is 12.9. The number of amides is 1. The van der Waals surface area contributed by atoms with Gasteiger partial charge in [-0.25, -0.2) is 21.2 Å². The Morgan fingerprint density at radius 2 is 1.31 bits per heavy atom. The number of nitrogens with zero attached hydrogens (tertiary/aromatic N) is 1. The highest BCUT2D eigenvalue weighted by Gasteiger charge is 2.27. The van der Waals surface area contributed by atoms with E-state index in [9.17, 15) is 26.0 Å². The van der Waals surface area contributed by atoms with Gasteiger partial charge in [-0.15, -0.1) is 0 Å². The number of anilines is 3. The average Bonchev–Trinajstić information content (AvgIpc) is 2.90. The third-order valence-corrected chi connectivity index (χ3v) is 9.27. The van der Waals surface area contributed by atoms with Crippen LogP contribution in [0.15, 0.2) is 111 Å². The first-order valence-corrected chi connectivity index (χ1v) is 15.2. The number of carbonyl (C=O) groups excluding carboxylic acids is 1. The van der Waals surface area contributed by atoms with Crippen LogP contribution in [0.25, 0.3) is 0 Å². The lowest BCUT2D eigenvalue weighted by Crippen LogP contribution is -2.38. The molecule has 12 heteroatoms. The predicted octanol–water partition coefficient (Wildman–Crippen LogP) is 5.53. The Hall–Kier alpha value is -3.74. The SMILES string of the molecule is Cc1ccc(S(=O)(=O)N(CC(=O)Nc2ccc(S(=O)(=O)Nc3ccc(F)cc3)cc2)c2ccc(Br)cc2)cc1. The first-order chi connectivity index (χ1) is 18.4. The Bertz CT molecular complexity index is 1680. The number of sulfonamides is 2. The zero-order valence-corrected chi connectivity index (χ0v) is 23.7. The van der Waals surface area contributed by atoms with Crippen molar-refractivity contribution in [1.29, 1.82) is 0 Å². The lowest BCUT2D eigenvalue weighted by atomic mass is 10.2. The van der Waals surface area contributed by atoms with Gasteiger partial charge >= 0.3 is 0 Å². The normalized spacial score (nSPS) is 11.6. The van der Waals surface area contributed by atoms with Crippen LogP contribution in [0.3, 0.4) is 0 Å². The summed E-state index contributed by atoms with van der Waals surface area (Å²) < 4.78 is 69.4. The molecule has 0 radical (unpaired) electrons. The lowest BCUT2D eigenvalue weighted by molar-refractivity contribution is -0.114. The molecule has 0 aliphatic heterocycles. The molecule has 0 bridgehead atoms. The summed E-state index contributed by atoms with van der Waals surface area (Å²) in [5.74, 6) is -1.13. The van der Waals surface area contributed by atoms with Crippen molar-refractivity contribution < 1.29 is 26.0 Å². The fraction of sp³-hybridized carbons (Fsp3) is 0.0741. The molecule has 0 saturated carbocycles. The fourth-order valence-electron chi connectivity index (χ4n) is 3.54. The second kappa shape index (κ2) is 11.6. The van der Waals surface area contributed by atoms with Gasteiger partial charge in [0.25, 0.3) is 20.0 Å². The highest BCUT2D eigenvalue weighted by Crippen LogP contribution is 2.26. The van der Waals surface area contributed by atoms with Crippen molar-refractivity contribution in [2.45, 2.75) is 16.7 Å². The summed E-state index contributed by atoms with van der Waals surface area (Å²) in [6, 6.07) is 23.0. The molecular weight excluding hydrogens is 609 g/mol. The van der Waals surface area contributed by atoms with Gasteiger partial charge in [0.1, 0.15) is 12.4 Å². The van der Waals surface area contributed by atoms with Crippen LogP contribution in [0.4, 0.5) is 21.5 Å². The molecule has 0 atom stereocenters. The Labute approximate surface area is 234 Å². The molecule has 4 aromatic carbocycles. The number of nitrogens with one attached hydrogen (secondary N) is 2. The molecule has 202 valence electrons. The molecule has 39 heavy (non-hydrogen) atoms. The highest BCUT2D eigenvalue weighted by molar-refractivity contribution is 9.10. The fourth-order valence-corrected chi connectivity index (χ4v) is 6.28. The Morgan fingerprint density at radius 1 is 0.769 bits per heavy atom. The third kappa shape index (κ3) is 7.02. The minimum Gasteiger partial charge on any atom is -0.325 e.